The van der Waals surface area contributed by atoms with Crippen LogP contribution >= 0.6 is 0 Å². The van der Waals surface area contributed by atoms with E-state index in [1.165, 1.54) is 12.1 Å². The lowest BCUT2D eigenvalue weighted by Gasteiger charge is -2.34. The van der Waals surface area contributed by atoms with E-state index in [2.05, 4.69) is 4.57 Å². The van der Waals surface area contributed by atoms with Crippen LogP contribution in [0.2, 0.25) is 0 Å². The van der Waals surface area contributed by atoms with E-state index in [0.717, 1.165) is 48.6 Å². The van der Waals surface area contributed by atoms with Crippen molar-refractivity contribution in [3.8, 4) is 5.75 Å². The first-order valence-corrected chi connectivity index (χ1v) is 10.5. The number of rotatable bonds is 5. The van der Waals surface area contributed by atoms with Gasteiger partial charge in [0.25, 0.3) is 0 Å². The number of nitrogens with zero attached hydrogens (tertiary/aromatic N) is 3. The highest BCUT2D eigenvalue weighted by molar-refractivity contribution is 5.78. The van der Waals surface area contributed by atoms with Crippen LogP contribution in [0, 0.1) is 11.7 Å². The molecule has 0 bridgehead atoms. The van der Waals surface area contributed by atoms with Gasteiger partial charge in [0.1, 0.15) is 17.4 Å². The number of ether oxygens (including phenoxy) is 1. The number of para-hydroxylation sites is 1. The molecule has 4 rings (SSSR count). The number of halogens is 1. The van der Waals surface area contributed by atoms with Crippen molar-refractivity contribution in [3.05, 3.63) is 59.7 Å². The van der Waals surface area contributed by atoms with Gasteiger partial charge in [-0.1, -0.05) is 32.0 Å². The van der Waals surface area contributed by atoms with Gasteiger partial charge < -0.3 is 14.2 Å². The standard InChI is InChI=1S/C24H28FN3O2/c1-16(2)24(29)27-12-10-19(11-13-27)28-21-9-8-18(25)15-20(21)26-23(28)14-17-6-4-5-7-22(17)30-3/h4-9,15-16,19H,10-14H2,1-3H3. The lowest BCUT2D eigenvalue weighted by atomic mass is 10.0. The van der Waals surface area contributed by atoms with Gasteiger partial charge in [0.05, 0.1) is 18.1 Å². The van der Waals surface area contributed by atoms with Crippen molar-refractivity contribution in [3.63, 3.8) is 0 Å². The quantitative estimate of drug-likeness (QED) is 0.619. The Bertz CT molecular complexity index is 1050. The molecule has 0 aliphatic carbocycles. The van der Waals surface area contributed by atoms with Crippen LogP contribution < -0.4 is 4.74 Å². The Labute approximate surface area is 176 Å². The van der Waals surface area contributed by atoms with Gasteiger partial charge >= 0.3 is 0 Å². The Balaban J connectivity index is 1.68. The predicted molar refractivity (Wildman–Crippen MR) is 115 cm³/mol. The molecule has 1 amide bonds. The summed E-state index contributed by atoms with van der Waals surface area (Å²) in [5, 5.41) is 0. The number of likely N-dealkylation sites (tertiary alicyclic amines) is 1. The van der Waals surface area contributed by atoms with Crippen molar-refractivity contribution in [2.75, 3.05) is 20.2 Å². The highest BCUT2D eigenvalue weighted by atomic mass is 19.1. The molecule has 0 unspecified atom stereocenters. The number of piperidine rings is 1. The van der Waals surface area contributed by atoms with Crippen molar-refractivity contribution in [1.82, 2.24) is 14.5 Å². The zero-order chi connectivity index (χ0) is 21.3. The minimum atomic E-state index is -0.284. The molecule has 5 nitrogen and oxygen atoms in total. The molecule has 0 atom stereocenters. The maximum absolute atomic E-state index is 13.9. The molecule has 1 saturated heterocycles. The highest BCUT2D eigenvalue weighted by Crippen LogP contribution is 2.32. The van der Waals surface area contributed by atoms with Crippen molar-refractivity contribution >= 4 is 16.9 Å². The number of carbonyl (C=O) groups excluding carboxylic acids is 1. The van der Waals surface area contributed by atoms with Gasteiger partial charge in [-0.05, 0) is 31.0 Å². The molecule has 1 fully saturated rings. The van der Waals surface area contributed by atoms with E-state index >= 15 is 0 Å². The van der Waals surface area contributed by atoms with Gasteiger partial charge in [-0.3, -0.25) is 4.79 Å². The summed E-state index contributed by atoms with van der Waals surface area (Å²) in [7, 11) is 1.67. The van der Waals surface area contributed by atoms with E-state index in [1.807, 2.05) is 49.1 Å². The Hall–Kier alpha value is -2.89. The molecule has 0 saturated carbocycles. The number of methoxy groups -OCH3 is 1. The Kier molecular flexibility index (Phi) is 5.75. The summed E-state index contributed by atoms with van der Waals surface area (Å²) in [5.74, 6) is 1.65. The van der Waals surface area contributed by atoms with E-state index < -0.39 is 0 Å². The van der Waals surface area contributed by atoms with E-state index in [-0.39, 0.29) is 23.7 Å². The molecule has 3 aromatic rings. The molecular weight excluding hydrogens is 381 g/mol. The van der Waals surface area contributed by atoms with Gasteiger partial charge in [0, 0.05) is 43.1 Å². The maximum atomic E-state index is 13.9. The van der Waals surface area contributed by atoms with Crippen molar-refractivity contribution in [1.29, 1.82) is 0 Å². The molecule has 1 aliphatic rings. The fraction of sp³-hybridized carbons (Fsp3) is 0.417. The zero-order valence-corrected chi connectivity index (χ0v) is 17.8. The van der Waals surface area contributed by atoms with Crippen LogP contribution in [0.5, 0.6) is 5.75 Å². The topological polar surface area (TPSA) is 47.4 Å². The summed E-state index contributed by atoms with van der Waals surface area (Å²) >= 11 is 0. The van der Waals surface area contributed by atoms with Crippen LogP contribution in [-0.4, -0.2) is 40.6 Å². The van der Waals surface area contributed by atoms with Crippen molar-refractivity contribution < 1.29 is 13.9 Å². The summed E-state index contributed by atoms with van der Waals surface area (Å²) in [6, 6.07) is 12.9. The number of amides is 1. The van der Waals surface area contributed by atoms with Gasteiger partial charge in [-0.15, -0.1) is 0 Å². The largest absolute Gasteiger partial charge is 0.496 e. The van der Waals surface area contributed by atoms with Gasteiger partial charge in [-0.2, -0.15) is 0 Å². The van der Waals surface area contributed by atoms with Crippen LogP contribution in [0.25, 0.3) is 11.0 Å². The van der Waals surface area contributed by atoms with Crippen LogP contribution in [0.3, 0.4) is 0 Å². The van der Waals surface area contributed by atoms with E-state index in [0.29, 0.717) is 11.9 Å². The normalized spacial score (nSPS) is 15.2. The first-order chi connectivity index (χ1) is 14.5. The van der Waals surface area contributed by atoms with Crippen LogP contribution in [0.15, 0.2) is 42.5 Å². The lowest BCUT2D eigenvalue weighted by molar-refractivity contribution is -0.135. The molecule has 6 heteroatoms. The summed E-state index contributed by atoms with van der Waals surface area (Å²) in [4.78, 5) is 19.1. The van der Waals surface area contributed by atoms with Crippen molar-refractivity contribution in [2.24, 2.45) is 5.92 Å². The van der Waals surface area contributed by atoms with E-state index in [4.69, 9.17) is 9.72 Å². The van der Waals surface area contributed by atoms with Gasteiger partial charge in [0.15, 0.2) is 0 Å². The molecule has 0 spiro atoms. The minimum absolute atomic E-state index is 0.0136. The average Bonchev–Trinajstić information content (AvgIpc) is 3.10. The second-order valence-electron chi connectivity index (χ2n) is 8.23. The molecule has 158 valence electrons. The average molecular weight is 410 g/mol. The SMILES string of the molecule is COc1ccccc1Cc1nc2cc(F)ccc2n1C1CCN(C(=O)C(C)C)CC1. The molecular formula is C24H28FN3O2. The Morgan fingerprint density at radius 1 is 1.20 bits per heavy atom. The third-order valence-electron chi connectivity index (χ3n) is 5.90. The number of imidazole rings is 1. The predicted octanol–water partition coefficient (Wildman–Crippen LogP) is 4.59. The Morgan fingerprint density at radius 2 is 1.93 bits per heavy atom. The maximum Gasteiger partial charge on any atom is 0.225 e. The molecule has 2 aromatic carbocycles. The number of benzene rings is 2. The molecule has 1 aromatic heterocycles. The Morgan fingerprint density at radius 3 is 2.63 bits per heavy atom. The smallest absolute Gasteiger partial charge is 0.225 e. The summed E-state index contributed by atoms with van der Waals surface area (Å²) in [5.41, 5.74) is 2.65. The number of hydrogen-bond acceptors (Lipinski definition) is 3. The lowest BCUT2D eigenvalue weighted by Crippen LogP contribution is -2.41. The molecule has 0 radical (unpaired) electrons. The fourth-order valence-corrected chi connectivity index (χ4v) is 4.38. The van der Waals surface area contributed by atoms with Crippen LogP contribution in [0.1, 0.15) is 44.1 Å². The van der Waals surface area contributed by atoms with Crippen LogP contribution in [-0.2, 0) is 11.2 Å². The number of hydrogen-bond donors (Lipinski definition) is 0. The third-order valence-corrected chi connectivity index (χ3v) is 5.90. The van der Waals surface area contributed by atoms with E-state index in [1.54, 1.807) is 7.11 Å². The summed E-state index contributed by atoms with van der Waals surface area (Å²) < 4.78 is 21.6. The second-order valence-corrected chi connectivity index (χ2v) is 8.23. The van der Waals surface area contributed by atoms with Crippen LogP contribution in [0.4, 0.5) is 4.39 Å². The third kappa shape index (κ3) is 3.91. The zero-order valence-electron chi connectivity index (χ0n) is 17.8. The summed E-state index contributed by atoms with van der Waals surface area (Å²) in [6.07, 6.45) is 2.33. The molecule has 0 N–H and O–H groups in total. The van der Waals surface area contributed by atoms with Gasteiger partial charge in [-0.25, -0.2) is 9.37 Å². The first kappa shape index (κ1) is 20.4. The number of fused-ring (bicyclic) bond motifs is 1. The monoisotopic (exact) mass is 409 g/mol. The molecule has 1 aliphatic heterocycles. The van der Waals surface area contributed by atoms with Crippen molar-refractivity contribution in [2.45, 2.75) is 39.2 Å². The highest BCUT2D eigenvalue weighted by Gasteiger charge is 2.28. The molecule has 2 heterocycles. The van der Waals surface area contributed by atoms with Gasteiger partial charge in [0.2, 0.25) is 5.91 Å². The minimum Gasteiger partial charge on any atom is -0.496 e. The molecule has 30 heavy (non-hydrogen) atoms. The number of aromatic nitrogens is 2. The van der Waals surface area contributed by atoms with E-state index in [9.17, 15) is 9.18 Å². The fourth-order valence-electron chi connectivity index (χ4n) is 4.38. The number of carbonyl (C=O) groups is 1. The second kappa shape index (κ2) is 8.46. The first-order valence-electron chi connectivity index (χ1n) is 10.5. The summed E-state index contributed by atoms with van der Waals surface area (Å²) in [6.45, 7) is 5.35.